The highest BCUT2D eigenvalue weighted by Gasteiger charge is 2.42. The molecule has 2 aromatic carbocycles. The van der Waals surface area contributed by atoms with E-state index in [4.69, 9.17) is 32.7 Å². The van der Waals surface area contributed by atoms with Gasteiger partial charge in [-0.15, -0.1) is 0 Å². The monoisotopic (exact) mass is 579 g/mol. The number of carbonyl (C=O) groups excluding carboxylic acids is 3. The van der Waals surface area contributed by atoms with Gasteiger partial charge in [-0.1, -0.05) is 41.4 Å². The van der Waals surface area contributed by atoms with E-state index in [9.17, 15) is 24.3 Å². The fourth-order valence-corrected chi connectivity index (χ4v) is 4.67. The number of halogens is 2. The minimum atomic E-state index is -1.30. The number of carboxylic acid groups (broad SMARTS) is 1. The van der Waals surface area contributed by atoms with Crippen molar-refractivity contribution >= 4 is 52.6 Å². The van der Waals surface area contributed by atoms with Crippen molar-refractivity contribution in [2.24, 2.45) is 0 Å². The first kappa shape index (κ1) is 28.7. The summed E-state index contributed by atoms with van der Waals surface area (Å²) in [6, 6.07) is 9.83. The Morgan fingerprint density at radius 1 is 0.974 bits per heavy atom. The summed E-state index contributed by atoms with van der Waals surface area (Å²) >= 11 is 12.2. The van der Waals surface area contributed by atoms with Crippen molar-refractivity contribution in [1.82, 2.24) is 21.1 Å². The molecule has 0 aromatic heterocycles. The molecule has 2 aliphatic rings. The number of ether oxygens (including phenoxy) is 2. The number of carboxylic acids is 1. The molecule has 3 unspecified atom stereocenters. The lowest BCUT2D eigenvalue weighted by atomic mass is 10.0. The summed E-state index contributed by atoms with van der Waals surface area (Å²) < 4.78 is 10.6. The van der Waals surface area contributed by atoms with E-state index in [2.05, 4.69) is 21.4 Å². The maximum Gasteiger partial charge on any atom is 0.326 e. The van der Waals surface area contributed by atoms with Crippen molar-refractivity contribution in [1.29, 1.82) is 0 Å². The van der Waals surface area contributed by atoms with Crippen molar-refractivity contribution in [2.45, 2.75) is 24.7 Å². The summed E-state index contributed by atoms with van der Waals surface area (Å²) in [5.74, 6) is -3.09. The summed E-state index contributed by atoms with van der Waals surface area (Å²) in [7, 11) is 0. The van der Waals surface area contributed by atoms with Crippen molar-refractivity contribution in [3.05, 3.63) is 63.6 Å². The predicted molar refractivity (Wildman–Crippen MR) is 141 cm³/mol. The second-order valence-electron chi connectivity index (χ2n) is 8.86. The van der Waals surface area contributed by atoms with Crippen LogP contribution in [0.5, 0.6) is 0 Å². The van der Waals surface area contributed by atoms with Gasteiger partial charge >= 0.3 is 5.97 Å². The zero-order chi connectivity index (χ0) is 27.9. The van der Waals surface area contributed by atoms with E-state index in [1.54, 1.807) is 47.5 Å². The molecule has 39 heavy (non-hydrogen) atoms. The zero-order valence-electron chi connectivity index (χ0n) is 20.6. The van der Waals surface area contributed by atoms with Gasteiger partial charge < -0.3 is 30.5 Å². The van der Waals surface area contributed by atoms with E-state index in [0.717, 1.165) is 0 Å². The van der Waals surface area contributed by atoms with Crippen LogP contribution in [0.4, 0.5) is 5.69 Å². The highest BCUT2D eigenvalue weighted by atomic mass is 35.5. The average molecular weight is 580 g/mol. The van der Waals surface area contributed by atoms with Gasteiger partial charge in [0, 0.05) is 38.3 Å². The predicted octanol–water partition coefficient (Wildman–Crippen LogP) is 1.04. The van der Waals surface area contributed by atoms with Crippen LogP contribution in [-0.2, 0) is 30.3 Å². The van der Waals surface area contributed by atoms with Crippen molar-refractivity contribution in [3.8, 4) is 0 Å². The largest absolute Gasteiger partial charge is 0.480 e. The van der Waals surface area contributed by atoms with Gasteiger partial charge in [0.2, 0.25) is 0 Å². The molecule has 3 amide bonds. The topological polar surface area (TPSA) is 158 Å². The van der Waals surface area contributed by atoms with Gasteiger partial charge in [0.25, 0.3) is 17.7 Å². The first-order valence-corrected chi connectivity index (χ1v) is 12.9. The Bertz CT molecular complexity index is 1200. The molecular formula is C25H27Cl2N5O7. The number of rotatable bonds is 9. The number of hydrogen-bond acceptors (Lipinski definition) is 8. The van der Waals surface area contributed by atoms with Crippen LogP contribution in [-0.4, -0.2) is 85.0 Å². The highest BCUT2D eigenvalue weighted by Crippen LogP contribution is 2.25. The Morgan fingerprint density at radius 2 is 1.59 bits per heavy atom. The van der Waals surface area contributed by atoms with Gasteiger partial charge in [-0.2, -0.15) is 0 Å². The number of amides is 3. The van der Waals surface area contributed by atoms with Gasteiger partial charge in [-0.05, 0) is 29.8 Å². The van der Waals surface area contributed by atoms with Crippen molar-refractivity contribution in [2.75, 3.05) is 38.3 Å². The molecule has 208 valence electrons. The Balaban J connectivity index is 1.34. The standard InChI is InChI=1S/C25H27Cl2N5O7/c26-16-2-1-3-17(27)19(16)22(33)29-15-6-4-14(5-7-15)12-18(25(36)37)30-23(34)20-21(39-13-38-20)24(35)31-32-10-8-28-9-11-32/h1-7,18,20-21,28H,8-13H2,(H,29,33)(H,30,34)(H,31,35)(H,36,37). The smallest absolute Gasteiger partial charge is 0.326 e. The van der Waals surface area contributed by atoms with Gasteiger partial charge in [-0.25, -0.2) is 9.80 Å². The molecule has 0 spiro atoms. The molecule has 2 saturated heterocycles. The SMILES string of the molecule is O=C(Nc1ccc(CC(NC(=O)C2OCOC2C(=O)NN2CCNCC2)C(=O)O)cc1)c1c(Cl)cccc1Cl. The Kier molecular flexibility index (Phi) is 9.73. The van der Waals surface area contributed by atoms with E-state index in [-0.39, 0.29) is 28.8 Å². The molecule has 5 N–H and O–H groups in total. The van der Waals surface area contributed by atoms with Crippen LogP contribution in [0.2, 0.25) is 10.0 Å². The van der Waals surface area contributed by atoms with Crippen LogP contribution < -0.4 is 21.4 Å². The van der Waals surface area contributed by atoms with Crippen LogP contribution in [0, 0.1) is 0 Å². The van der Waals surface area contributed by atoms with Crippen LogP contribution >= 0.6 is 23.2 Å². The Labute approximate surface area is 233 Å². The minimum Gasteiger partial charge on any atom is -0.480 e. The molecule has 2 aromatic rings. The normalized spacial score (nSPS) is 20.2. The molecule has 12 nitrogen and oxygen atoms in total. The summed E-state index contributed by atoms with van der Waals surface area (Å²) in [6.45, 7) is 2.31. The van der Waals surface area contributed by atoms with E-state index in [1.807, 2.05) is 0 Å². The highest BCUT2D eigenvalue weighted by molar-refractivity contribution is 6.40. The number of nitrogens with one attached hydrogen (secondary N) is 4. The molecule has 0 aliphatic carbocycles. The van der Waals surface area contributed by atoms with E-state index in [0.29, 0.717) is 37.4 Å². The number of benzene rings is 2. The first-order chi connectivity index (χ1) is 18.7. The quantitative estimate of drug-likeness (QED) is 0.292. The molecule has 3 atom stereocenters. The van der Waals surface area contributed by atoms with Crippen molar-refractivity contribution in [3.63, 3.8) is 0 Å². The first-order valence-electron chi connectivity index (χ1n) is 12.1. The minimum absolute atomic E-state index is 0.0587. The number of aliphatic carboxylic acids is 1. The Morgan fingerprint density at radius 3 is 2.21 bits per heavy atom. The van der Waals surface area contributed by atoms with Crippen LogP contribution in [0.3, 0.4) is 0 Å². The number of anilines is 1. The fourth-order valence-electron chi connectivity index (χ4n) is 4.11. The van der Waals surface area contributed by atoms with Crippen molar-refractivity contribution < 1.29 is 33.8 Å². The summed E-state index contributed by atoms with van der Waals surface area (Å²) in [5, 5.41) is 20.1. The van der Waals surface area contributed by atoms with Crippen LogP contribution in [0.1, 0.15) is 15.9 Å². The molecule has 2 heterocycles. The zero-order valence-corrected chi connectivity index (χ0v) is 22.1. The number of piperazine rings is 1. The lowest BCUT2D eigenvalue weighted by molar-refractivity contribution is -0.145. The third kappa shape index (κ3) is 7.44. The third-order valence-electron chi connectivity index (χ3n) is 6.13. The summed E-state index contributed by atoms with van der Waals surface area (Å²) in [5.41, 5.74) is 3.85. The average Bonchev–Trinajstić information content (AvgIpc) is 3.40. The van der Waals surface area contributed by atoms with Gasteiger partial charge in [-0.3, -0.25) is 19.8 Å². The molecular weight excluding hydrogens is 553 g/mol. The molecule has 2 aliphatic heterocycles. The number of carbonyl (C=O) groups is 4. The number of hydrogen-bond donors (Lipinski definition) is 5. The molecule has 4 rings (SSSR count). The maximum atomic E-state index is 12.9. The number of hydrazine groups is 1. The summed E-state index contributed by atoms with van der Waals surface area (Å²) in [4.78, 5) is 50.0. The fraction of sp³-hybridized carbons (Fsp3) is 0.360. The second-order valence-corrected chi connectivity index (χ2v) is 9.67. The summed E-state index contributed by atoms with van der Waals surface area (Å²) in [6.07, 6.45) is -2.58. The maximum absolute atomic E-state index is 12.9. The number of nitrogens with zero attached hydrogens (tertiary/aromatic N) is 1. The molecule has 0 radical (unpaired) electrons. The van der Waals surface area contributed by atoms with Gasteiger partial charge in [0.1, 0.15) is 12.8 Å². The van der Waals surface area contributed by atoms with E-state index < -0.39 is 41.9 Å². The van der Waals surface area contributed by atoms with Gasteiger partial charge in [0.05, 0.1) is 15.6 Å². The van der Waals surface area contributed by atoms with E-state index >= 15 is 0 Å². The lowest BCUT2D eigenvalue weighted by Crippen LogP contribution is -2.57. The third-order valence-corrected chi connectivity index (χ3v) is 6.76. The van der Waals surface area contributed by atoms with Crippen LogP contribution in [0.25, 0.3) is 0 Å². The molecule has 2 fully saturated rings. The lowest BCUT2D eigenvalue weighted by Gasteiger charge is -2.29. The second kappa shape index (κ2) is 13.2. The molecule has 0 bridgehead atoms. The van der Waals surface area contributed by atoms with E-state index in [1.165, 1.54) is 0 Å². The van der Waals surface area contributed by atoms with Crippen LogP contribution in [0.15, 0.2) is 42.5 Å². The molecule has 0 saturated carbocycles. The molecule has 14 heteroatoms. The van der Waals surface area contributed by atoms with Gasteiger partial charge in [0.15, 0.2) is 12.2 Å². The Hall–Kier alpha value is -3.26.